The molecule has 19 rings (SSSR count). The van der Waals surface area contributed by atoms with Gasteiger partial charge in [0.15, 0.2) is 32.2 Å². The topological polar surface area (TPSA) is 413 Å². The van der Waals surface area contributed by atoms with Crippen molar-refractivity contribution in [1.82, 2.24) is 0 Å². The van der Waals surface area contributed by atoms with Crippen LogP contribution in [0.2, 0.25) is 0 Å². The predicted octanol–water partition coefficient (Wildman–Crippen LogP) is 16.2. The zero-order chi connectivity index (χ0) is 108. The van der Waals surface area contributed by atoms with Gasteiger partial charge < -0.3 is 89.0 Å². The number of halogens is 12. The van der Waals surface area contributed by atoms with Gasteiger partial charge >= 0.3 is 59.6 Å². The largest absolute Gasteiger partial charge is 0.462 e. The summed E-state index contributed by atoms with van der Waals surface area (Å²) in [5, 5.41) is 115. The van der Waals surface area contributed by atoms with Crippen molar-refractivity contribution >= 4 is 47.8 Å². The Balaban J connectivity index is 0.000000141. The number of rotatable bonds is 23. The molecule has 16 fully saturated rings. The van der Waals surface area contributed by atoms with Gasteiger partial charge in [-0.3, -0.25) is 19.2 Å². The zero-order valence-electron chi connectivity index (χ0n) is 86.9. The lowest BCUT2D eigenvalue weighted by Crippen LogP contribution is -2.70. The quantitative estimate of drug-likeness (QED) is 0.0258. The Morgan fingerprint density at radius 3 is 1.18 bits per heavy atom. The Hall–Kier alpha value is -6.26. The molecule has 836 valence electrons. The maximum absolute atomic E-state index is 14.1. The second-order valence-electron chi connectivity index (χ2n) is 50.7. The summed E-state index contributed by atoms with van der Waals surface area (Å²) in [7, 11) is 0. The van der Waals surface area contributed by atoms with Crippen LogP contribution in [0.3, 0.4) is 0 Å². The van der Waals surface area contributed by atoms with Crippen molar-refractivity contribution in [3.63, 3.8) is 0 Å². The van der Waals surface area contributed by atoms with Crippen LogP contribution in [0.15, 0.2) is 34.9 Å². The lowest BCUT2D eigenvalue weighted by atomic mass is 9.41. The molecule has 148 heavy (non-hydrogen) atoms. The van der Waals surface area contributed by atoms with Crippen molar-refractivity contribution in [3.05, 3.63) is 34.9 Å². The molecule has 16 saturated carbocycles. The second kappa shape index (κ2) is 40.4. The molecule has 16 aliphatic carbocycles. The van der Waals surface area contributed by atoms with Gasteiger partial charge in [-0.05, 0) is 322 Å². The highest BCUT2D eigenvalue weighted by atomic mass is 19.3. The van der Waals surface area contributed by atoms with Gasteiger partial charge in [0.2, 0.25) is 0 Å². The second-order valence-corrected chi connectivity index (χ2v) is 50.7. The highest BCUT2D eigenvalue weighted by molar-refractivity contribution is 5.87. The van der Waals surface area contributed by atoms with Gasteiger partial charge in [-0.1, -0.05) is 54.4 Å². The van der Waals surface area contributed by atoms with Crippen molar-refractivity contribution in [2.75, 3.05) is 52.9 Å². The third-order valence-corrected chi connectivity index (χ3v) is 43.7. The number of hydrogen-bond acceptors (Lipinski definition) is 26. The van der Waals surface area contributed by atoms with E-state index in [2.05, 4.69) is 25.5 Å². The van der Waals surface area contributed by atoms with Crippen LogP contribution in [0.4, 0.5) is 52.7 Å². The van der Waals surface area contributed by atoms with Crippen LogP contribution >= 0.6 is 0 Å². The van der Waals surface area contributed by atoms with E-state index in [4.69, 9.17) is 33.2 Å². The number of cyclic esters (lactones) is 3. The highest BCUT2D eigenvalue weighted by Gasteiger charge is 2.79. The monoisotopic (exact) mass is 2120 g/mol. The first-order valence-corrected chi connectivity index (χ1v) is 54.4. The van der Waals surface area contributed by atoms with Crippen molar-refractivity contribution < 1.29 is 180 Å². The Morgan fingerprint density at radius 2 is 0.797 bits per heavy atom. The van der Waals surface area contributed by atoms with E-state index in [-0.39, 0.29) is 157 Å². The van der Waals surface area contributed by atoms with E-state index in [9.17, 15) is 142 Å². The number of esters is 8. The van der Waals surface area contributed by atoms with Gasteiger partial charge in [0.05, 0.1) is 74.3 Å². The molecule has 0 amide bonds. The lowest BCUT2D eigenvalue weighted by molar-refractivity contribution is -0.270. The molecule has 0 saturated heterocycles. The number of carbonyl (C=O) groups is 8. The van der Waals surface area contributed by atoms with Crippen molar-refractivity contribution in [1.29, 1.82) is 0 Å². The number of ether oxygens (including phenoxy) is 8. The Morgan fingerprint density at radius 1 is 0.412 bits per heavy atom. The minimum Gasteiger partial charge on any atom is -0.462 e. The first kappa shape index (κ1) is 114. The zero-order valence-corrected chi connectivity index (χ0v) is 86.9. The van der Waals surface area contributed by atoms with Crippen LogP contribution in [0.5, 0.6) is 0 Å². The number of fused-ring (bicyclic) bond motifs is 20. The van der Waals surface area contributed by atoms with Crippen molar-refractivity contribution in [2.45, 2.75) is 413 Å². The van der Waals surface area contributed by atoms with E-state index in [1.807, 2.05) is 20.8 Å². The molecule has 0 bridgehead atoms. The van der Waals surface area contributed by atoms with Gasteiger partial charge in [-0.15, -0.1) is 0 Å². The third kappa shape index (κ3) is 19.2. The van der Waals surface area contributed by atoms with Gasteiger partial charge in [0.25, 0.3) is 17.8 Å². The number of carbonyl (C=O) groups excluding carboxylic acids is 8. The summed E-state index contributed by atoms with van der Waals surface area (Å²) in [6.07, 6.45) is 16.0. The SMILES string of the molecule is CC(F)(F)C(F)(F)COC(=O)[C@]12CC[C@@H](O)C[C@@]1(O)CC[C@@H]1[C@@H]2CC[C@]2(C)[C@@H](C3=CC(=O)OC3)CC[C@@]12O.CC(F)(F)C(F)COC(=O)[C@]12CC[C@@H](O)C[C@@]1(O)CC[C@@H]1[C@@H]2CC[C@]2(C)[C@@H](C3=CC(=O)OC3)CC[C@@]12O.CC(F)(F)COC(=O)[C@]12CC[C@@H](O)C[C@@]1(O)CC[C@@H]1[C@@H]2CC[C@]2(C)[C@@H](C3=CC(=O)OC3)CC[C@@]12O.C[C@H](CCC(=O)OCC(=O)OCC(F)C(C)(F)F)[C@H]1CC[C@H]2[C@@H]3CC[C@@H]4CCCC[C@]4(C)[C@H]3C[C@H](O)[C@]12C. The van der Waals surface area contributed by atoms with Crippen LogP contribution in [-0.2, 0) is 76.3 Å². The summed E-state index contributed by atoms with van der Waals surface area (Å²) in [5.74, 6) is -25.3. The van der Waals surface area contributed by atoms with Gasteiger partial charge in [-0.2, -0.15) is 8.78 Å². The summed E-state index contributed by atoms with van der Waals surface area (Å²) in [4.78, 5) is 100. The van der Waals surface area contributed by atoms with Crippen LogP contribution in [0.1, 0.15) is 313 Å². The molecule has 0 spiro atoms. The summed E-state index contributed by atoms with van der Waals surface area (Å²) >= 11 is 0. The summed E-state index contributed by atoms with van der Waals surface area (Å²) < 4.78 is 202. The average Bonchev–Trinajstić information content (AvgIpc) is 1.38. The summed E-state index contributed by atoms with van der Waals surface area (Å²) in [5.41, 5.74) is -12.4. The molecule has 0 aromatic heterocycles. The normalized spacial score (nSPS) is 44.6. The van der Waals surface area contributed by atoms with Crippen LogP contribution in [-0.4, -0.2) is 252 Å². The average molecular weight is 2120 g/mol. The molecule has 0 aromatic carbocycles. The fraction of sp³-hybridized carbons (Fsp3) is 0.873. The lowest BCUT2D eigenvalue weighted by Gasteiger charge is -2.65. The minimum absolute atomic E-state index is 0.0154. The van der Waals surface area contributed by atoms with E-state index in [0.717, 1.165) is 41.9 Å². The molecule has 19 aliphatic rings. The van der Waals surface area contributed by atoms with E-state index in [0.29, 0.717) is 153 Å². The Labute approximate surface area is 856 Å². The number of hydrogen-bond donors (Lipinski definition) is 10. The Bertz CT molecular complexity index is 5060. The number of aliphatic hydroxyl groups is 10. The number of alkyl halides is 12. The molecule has 3 heterocycles. The van der Waals surface area contributed by atoms with Gasteiger partial charge in [-0.25, -0.2) is 63.1 Å². The first-order chi connectivity index (χ1) is 68.7. The molecular formula is C110H156F12O26. The summed E-state index contributed by atoms with van der Waals surface area (Å²) in [6, 6.07) is 0. The Kier molecular flexibility index (Phi) is 31.2. The fourth-order valence-electron chi connectivity index (χ4n) is 35.9. The molecule has 10 N–H and O–H groups in total. The van der Waals surface area contributed by atoms with Gasteiger partial charge in [0.1, 0.15) is 33.0 Å². The molecule has 26 nitrogen and oxygen atoms in total. The van der Waals surface area contributed by atoms with Crippen molar-refractivity contribution in [3.8, 4) is 0 Å². The van der Waals surface area contributed by atoms with E-state index in [1.165, 1.54) is 56.8 Å². The third-order valence-electron chi connectivity index (χ3n) is 43.7. The van der Waals surface area contributed by atoms with Gasteiger partial charge in [0, 0.05) is 87.9 Å². The molecule has 3 aliphatic heterocycles. The van der Waals surface area contributed by atoms with Crippen LogP contribution in [0, 0.1) is 132 Å². The first-order valence-electron chi connectivity index (χ1n) is 54.4. The van der Waals surface area contributed by atoms with Crippen molar-refractivity contribution in [2.24, 2.45) is 132 Å². The maximum atomic E-state index is 14.1. The minimum atomic E-state index is -4.60. The van der Waals surface area contributed by atoms with E-state index < -0.39 is 231 Å². The molecule has 2 unspecified atom stereocenters. The van der Waals surface area contributed by atoms with E-state index in [1.54, 1.807) is 0 Å². The standard InChI is InChI=1S/C30H47F3O5.C27H36F4O7.C27H37F3O7.C26H36F2O7/c1-18(8-13-26(35)38-17-27(36)37-16-24(31)30(4,32)33)21-11-12-22-20-10-9-19-7-5-6-14-28(19,2)23(20)15-25(34)29(21,22)3;1-22-7-4-18-19(26(22,36)10-6-17(22)15-11-20(33)37-13-15)5-8-24(35)12-16(32)3-9-25(18,24)21(34)38-14-27(30,31)23(2,28)29;1-23-7-4-18-19(27(23,35)10-6-17(23)15-11-21(32)36-13-15)5-8-25(34)12-16(31)3-9-26(18,25)22(33)37-14-20(28)24(2,29)30;1-22-7-4-18-19(26(22,33)10-6-17(22)15-11-20(30)34-13-15)5-8-24(32)12-16(29)3-9-25(18,24)21(31)35-14-23(2,27)28/h18-25,34H,5-17H2,1-4H3;11,16-19,32,35-36H,3-10,12-14H2,1-2H3;11,16-20,31,34-35H,3-10,12-14H2,1-2H3;11,16-19,29,32-33H,3-10,12-14H2,1-2H3/t18-,19+,20+,21-,22+,23+,24?,25+,28+,29-;16-,17-,18+,19-,22-,24+,25-,26-;16-,17-,18+,19-,20?,23-,25+,26-,27-;16-,17-,18+,19-,22-,24+,25-,26-/m1111/s1. The van der Waals surface area contributed by atoms with Crippen LogP contribution < -0.4 is 0 Å². The molecule has 35 atom stereocenters. The molecule has 0 radical (unpaired) electrons. The molecule has 0 aromatic rings. The smallest absolute Gasteiger partial charge is 0.344 e. The van der Waals surface area contributed by atoms with E-state index >= 15 is 0 Å². The highest BCUT2D eigenvalue weighted by Crippen LogP contribution is 2.77. The fourth-order valence-corrected chi connectivity index (χ4v) is 35.9. The predicted molar refractivity (Wildman–Crippen MR) is 504 cm³/mol. The molecule has 38 heteroatoms. The molecular weight excluding hydrogens is 1970 g/mol. The maximum Gasteiger partial charge on any atom is 0.344 e. The van der Waals surface area contributed by atoms with Crippen LogP contribution in [0.25, 0.3) is 0 Å². The summed E-state index contributed by atoms with van der Waals surface area (Å²) in [6.45, 7) is 9.25. The number of aliphatic hydroxyl groups excluding tert-OH is 4.